The van der Waals surface area contributed by atoms with Crippen LogP contribution < -0.4 is 5.32 Å². The second kappa shape index (κ2) is 8.47. The van der Waals surface area contributed by atoms with E-state index in [0.717, 1.165) is 6.42 Å². The molecule has 0 spiro atoms. The Morgan fingerprint density at radius 1 is 1.16 bits per heavy atom. The molecule has 0 saturated heterocycles. The molecule has 4 nitrogen and oxygen atoms in total. The van der Waals surface area contributed by atoms with Crippen LogP contribution in [0, 0.1) is 0 Å². The molecule has 7 heteroatoms. The van der Waals surface area contributed by atoms with Gasteiger partial charge in [-0.1, -0.05) is 17.7 Å². The molecule has 0 aliphatic rings. The number of furan rings is 1. The third-order valence-electron chi connectivity index (χ3n) is 3.47. The first-order valence-corrected chi connectivity index (χ1v) is 10.2. The lowest BCUT2D eigenvalue weighted by Gasteiger charge is -2.02. The molecule has 130 valence electrons. The van der Waals surface area contributed by atoms with Crippen LogP contribution in [0.25, 0.3) is 0 Å². The molecule has 1 amide bonds. The summed E-state index contributed by atoms with van der Waals surface area (Å²) < 4.78 is 17.8. The predicted octanol–water partition coefficient (Wildman–Crippen LogP) is 4.27. The van der Waals surface area contributed by atoms with E-state index in [0.29, 0.717) is 22.2 Å². The largest absolute Gasteiger partial charge is 0.455 e. The van der Waals surface area contributed by atoms with Gasteiger partial charge < -0.3 is 9.73 Å². The summed E-state index contributed by atoms with van der Waals surface area (Å²) in [5, 5.41) is 5.43. The summed E-state index contributed by atoms with van der Waals surface area (Å²) in [7, 11) is -1.25. The third-order valence-corrected chi connectivity index (χ3v) is 6.01. The second-order valence-corrected chi connectivity index (χ2v) is 8.21. The molecule has 3 rings (SSSR count). The summed E-state index contributed by atoms with van der Waals surface area (Å²) >= 11 is 7.49. The van der Waals surface area contributed by atoms with Crippen LogP contribution >= 0.6 is 22.9 Å². The van der Waals surface area contributed by atoms with Crippen molar-refractivity contribution in [1.29, 1.82) is 0 Å². The van der Waals surface area contributed by atoms with Crippen LogP contribution in [-0.2, 0) is 23.0 Å². The van der Waals surface area contributed by atoms with E-state index >= 15 is 0 Å². The number of halogens is 1. The topological polar surface area (TPSA) is 59.3 Å². The average molecular weight is 394 g/mol. The van der Waals surface area contributed by atoms with Gasteiger partial charge >= 0.3 is 0 Å². The summed E-state index contributed by atoms with van der Waals surface area (Å²) in [6.45, 7) is 0.548. The van der Waals surface area contributed by atoms with Gasteiger partial charge in [0.2, 0.25) is 0 Å². The minimum Gasteiger partial charge on any atom is -0.455 e. The van der Waals surface area contributed by atoms with E-state index in [1.165, 1.54) is 4.88 Å². The molecule has 25 heavy (non-hydrogen) atoms. The van der Waals surface area contributed by atoms with Gasteiger partial charge in [-0.05, 0) is 54.3 Å². The number of hydrogen-bond donors (Lipinski definition) is 1. The van der Waals surface area contributed by atoms with Gasteiger partial charge in [-0.2, -0.15) is 0 Å². The van der Waals surface area contributed by atoms with Gasteiger partial charge in [0.05, 0.1) is 16.6 Å². The maximum absolute atomic E-state index is 12.3. The molecule has 2 aromatic heterocycles. The molecular formula is C18H16ClNO3S2. The fourth-order valence-corrected chi connectivity index (χ4v) is 4.07. The first-order chi connectivity index (χ1) is 12.1. The number of rotatable bonds is 7. The highest BCUT2D eigenvalue weighted by molar-refractivity contribution is 7.84. The first-order valence-electron chi connectivity index (χ1n) is 7.65. The number of carbonyl (C=O) groups excluding carboxylic acids is 1. The lowest BCUT2D eigenvalue weighted by Crippen LogP contribution is -2.25. The number of nitrogens with one attached hydrogen (secondary N) is 1. The van der Waals surface area contributed by atoms with Crippen molar-refractivity contribution < 1.29 is 13.4 Å². The SMILES string of the molecule is O=C(NCCc1cccs1)c1ccc(C[S@@](=O)c2ccc(Cl)cc2)o1. The zero-order valence-electron chi connectivity index (χ0n) is 13.2. The number of carbonyl (C=O) groups is 1. The van der Waals surface area contributed by atoms with Crippen LogP contribution in [0.3, 0.4) is 0 Å². The number of amides is 1. The fraction of sp³-hybridized carbons (Fsp3) is 0.167. The Hall–Kier alpha value is -1.89. The molecule has 0 bridgehead atoms. The van der Waals surface area contributed by atoms with E-state index < -0.39 is 10.8 Å². The standard InChI is InChI=1S/C18H16ClNO3S2/c19-13-3-6-16(7-4-13)25(22)12-14-5-8-17(23-14)18(21)20-10-9-15-2-1-11-24-15/h1-8,11H,9-10,12H2,(H,20,21)/t25-/m1/s1. The van der Waals surface area contributed by atoms with E-state index in [2.05, 4.69) is 5.32 Å². The van der Waals surface area contributed by atoms with Crippen LogP contribution in [0.5, 0.6) is 0 Å². The van der Waals surface area contributed by atoms with Crippen molar-refractivity contribution in [3.8, 4) is 0 Å². The Balaban J connectivity index is 1.53. The van der Waals surface area contributed by atoms with Crippen molar-refractivity contribution >= 4 is 39.6 Å². The monoisotopic (exact) mass is 393 g/mol. The summed E-state index contributed by atoms with van der Waals surface area (Å²) in [5.41, 5.74) is 0. The minimum atomic E-state index is -1.25. The molecule has 3 aromatic rings. The molecule has 0 fully saturated rings. The normalized spacial score (nSPS) is 12.0. The average Bonchev–Trinajstić information content (AvgIpc) is 3.27. The third kappa shape index (κ3) is 5.04. The Morgan fingerprint density at radius 2 is 1.96 bits per heavy atom. The quantitative estimate of drug-likeness (QED) is 0.651. The van der Waals surface area contributed by atoms with Crippen molar-refractivity contribution in [3.63, 3.8) is 0 Å². The van der Waals surface area contributed by atoms with E-state index in [9.17, 15) is 9.00 Å². The number of hydrogen-bond acceptors (Lipinski definition) is 4. The Morgan fingerprint density at radius 3 is 2.68 bits per heavy atom. The maximum atomic E-state index is 12.3. The number of thiophene rings is 1. The molecule has 0 radical (unpaired) electrons. The fourth-order valence-electron chi connectivity index (χ4n) is 2.22. The van der Waals surface area contributed by atoms with Gasteiger partial charge in [-0.15, -0.1) is 11.3 Å². The van der Waals surface area contributed by atoms with Gasteiger partial charge in [-0.3, -0.25) is 9.00 Å². The van der Waals surface area contributed by atoms with Gasteiger partial charge in [0.25, 0.3) is 5.91 Å². The van der Waals surface area contributed by atoms with Crippen molar-refractivity contribution in [3.05, 3.63) is 75.3 Å². The van der Waals surface area contributed by atoms with Gasteiger partial charge in [-0.25, -0.2) is 0 Å². The number of benzene rings is 1. The highest BCUT2D eigenvalue weighted by Crippen LogP contribution is 2.17. The second-order valence-electron chi connectivity index (χ2n) is 5.30. The van der Waals surface area contributed by atoms with Crippen molar-refractivity contribution in [2.45, 2.75) is 17.1 Å². The molecule has 0 unspecified atom stereocenters. The Bertz CT molecular complexity index is 857. The lowest BCUT2D eigenvalue weighted by molar-refractivity contribution is 0.0925. The maximum Gasteiger partial charge on any atom is 0.287 e. The van der Waals surface area contributed by atoms with Crippen LogP contribution in [0.4, 0.5) is 0 Å². The lowest BCUT2D eigenvalue weighted by atomic mass is 10.3. The van der Waals surface area contributed by atoms with Crippen LogP contribution in [0.1, 0.15) is 21.2 Å². The molecule has 0 saturated carbocycles. The Labute approximate surface area is 157 Å². The van der Waals surface area contributed by atoms with Gasteiger partial charge in [0.1, 0.15) is 5.76 Å². The highest BCUT2D eigenvalue weighted by atomic mass is 35.5. The highest BCUT2D eigenvalue weighted by Gasteiger charge is 2.13. The molecule has 1 aromatic carbocycles. The van der Waals surface area contributed by atoms with Gasteiger partial charge in [0.15, 0.2) is 5.76 Å². The minimum absolute atomic E-state index is 0.212. The van der Waals surface area contributed by atoms with Crippen molar-refractivity contribution in [2.24, 2.45) is 0 Å². The first kappa shape index (κ1) is 17.9. The van der Waals surface area contributed by atoms with E-state index in [1.54, 1.807) is 47.7 Å². The van der Waals surface area contributed by atoms with E-state index in [-0.39, 0.29) is 17.4 Å². The summed E-state index contributed by atoms with van der Waals surface area (Å²) in [5.74, 6) is 0.690. The molecule has 0 aliphatic carbocycles. The van der Waals surface area contributed by atoms with Gasteiger partial charge in [0, 0.05) is 21.3 Å². The summed E-state index contributed by atoms with van der Waals surface area (Å²) in [6.07, 6.45) is 0.789. The Kier molecular flexibility index (Phi) is 6.07. The molecule has 0 aliphatic heterocycles. The van der Waals surface area contributed by atoms with E-state index in [4.69, 9.17) is 16.0 Å². The summed E-state index contributed by atoms with van der Waals surface area (Å²) in [6, 6.07) is 14.2. The molecule has 1 atom stereocenters. The zero-order chi connectivity index (χ0) is 17.6. The van der Waals surface area contributed by atoms with Crippen molar-refractivity contribution in [2.75, 3.05) is 6.54 Å². The zero-order valence-corrected chi connectivity index (χ0v) is 15.6. The van der Waals surface area contributed by atoms with E-state index in [1.807, 2.05) is 17.5 Å². The smallest absolute Gasteiger partial charge is 0.287 e. The van der Waals surface area contributed by atoms with Crippen LogP contribution in [0.15, 0.2) is 63.2 Å². The van der Waals surface area contributed by atoms with Crippen LogP contribution in [0.2, 0.25) is 5.02 Å². The predicted molar refractivity (Wildman–Crippen MR) is 101 cm³/mol. The summed E-state index contributed by atoms with van der Waals surface area (Å²) in [4.78, 5) is 14.0. The van der Waals surface area contributed by atoms with Crippen molar-refractivity contribution in [1.82, 2.24) is 5.32 Å². The van der Waals surface area contributed by atoms with Crippen LogP contribution in [-0.4, -0.2) is 16.7 Å². The molecular weight excluding hydrogens is 378 g/mol. The molecule has 2 heterocycles. The molecule has 1 N–H and O–H groups in total.